The molecule has 0 saturated carbocycles. The molecular weight excluding hydrogens is 439 g/mol. The molecule has 0 atom stereocenters. The second-order valence-electron chi connectivity index (χ2n) is 8.78. The molecule has 0 spiro atoms. The molecule has 0 amide bonds. The molecule has 0 saturated heterocycles. The van der Waals surface area contributed by atoms with Crippen molar-refractivity contribution < 1.29 is 17.9 Å². The van der Waals surface area contributed by atoms with Gasteiger partial charge >= 0.3 is 6.18 Å². The minimum Gasteiger partial charge on any atom is -0.492 e. The van der Waals surface area contributed by atoms with Crippen LogP contribution in [0.5, 0.6) is 5.75 Å². The Bertz CT molecular complexity index is 1310. The number of fused-ring (bicyclic) bond motifs is 1. The maximum absolute atomic E-state index is 13.7. The molecule has 7 heteroatoms. The van der Waals surface area contributed by atoms with Crippen molar-refractivity contribution >= 4 is 11.0 Å². The zero-order valence-corrected chi connectivity index (χ0v) is 19.8. The van der Waals surface area contributed by atoms with Crippen LogP contribution in [0.25, 0.3) is 22.4 Å². The van der Waals surface area contributed by atoms with E-state index in [1.807, 2.05) is 73.8 Å². The Morgan fingerprint density at radius 3 is 2.41 bits per heavy atom. The van der Waals surface area contributed by atoms with Crippen molar-refractivity contribution in [3.05, 3.63) is 82.9 Å². The highest BCUT2D eigenvalue weighted by atomic mass is 19.4. The number of ether oxygens (including phenoxy) is 1. The maximum atomic E-state index is 13.7. The second-order valence-corrected chi connectivity index (χ2v) is 8.78. The van der Waals surface area contributed by atoms with Crippen LogP contribution in [0.3, 0.4) is 0 Å². The van der Waals surface area contributed by atoms with Gasteiger partial charge in [0.25, 0.3) is 0 Å². The van der Waals surface area contributed by atoms with Gasteiger partial charge in [-0.15, -0.1) is 0 Å². The number of aromatic nitrogens is 2. The van der Waals surface area contributed by atoms with E-state index in [1.165, 1.54) is 12.1 Å². The van der Waals surface area contributed by atoms with E-state index in [0.29, 0.717) is 23.7 Å². The van der Waals surface area contributed by atoms with Crippen molar-refractivity contribution in [3.8, 4) is 17.1 Å². The summed E-state index contributed by atoms with van der Waals surface area (Å²) < 4.78 is 48.9. The van der Waals surface area contributed by atoms with Gasteiger partial charge in [0.15, 0.2) is 0 Å². The molecule has 0 radical (unpaired) electrons. The van der Waals surface area contributed by atoms with Crippen LogP contribution < -0.4 is 4.74 Å². The van der Waals surface area contributed by atoms with Crippen LogP contribution in [0.1, 0.15) is 22.3 Å². The molecule has 0 bridgehead atoms. The van der Waals surface area contributed by atoms with Crippen molar-refractivity contribution in [2.24, 2.45) is 0 Å². The Hall–Kier alpha value is -3.32. The van der Waals surface area contributed by atoms with Gasteiger partial charge in [-0.1, -0.05) is 30.3 Å². The number of nitrogens with zero attached hydrogens (tertiary/aromatic N) is 3. The zero-order chi connectivity index (χ0) is 24.5. The average molecular weight is 468 g/mol. The highest BCUT2D eigenvalue weighted by Gasteiger charge is 2.33. The fourth-order valence-corrected chi connectivity index (χ4v) is 3.90. The van der Waals surface area contributed by atoms with E-state index in [2.05, 4.69) is 0 Å². The molecule has 0 aliphatic carbocycles. The smallest absolute Gasteiger partial charge is 0.416 e. The highest BCUT2D eigenvalue weighted by Crippen LogP contribution is 2.34. The fraction of sp³-hybridized carbons (Fsp3) is 0.296. The molecular formula is C27H28F3N3O. The fourth-order valence-electron chi connectivity index (χ4n) is 3.90. The maximum Gasteiger partial charge on any atom is 0.416 e. The monoisotopic (exact) mass is 467 g/mol. The Labute approximate surface area is 197 Å². The lowest BCUT2D eigenvalue weighted by atomic mass is 10.0. The first kappa shape index (κ1) is 23.8. The third-order valence-electron chi connectivity index (χ3n) is 5.94. The number of benzene rings is 3. The van der Waals surface area contributed by atoms with Crippen molar-refractivity contribution in [1.29, 1.82) is 0 Å². The van der Waals surface area contributed by atoms with Gasteiger partial charge in [0.05, 0.1) is 23.1 Å². The highest BCUT2D eigenvalue weighted by molar-refractivity contribution is 5.82. The molecule has 0 aliphatic rings. The zero-order valence-electron chi connectivity index (χ0n) is 19.8. The first-order valence-corrected chi connectivity index (χ1v) is 11.1. The van der Waals surface area contributed by atoms with E-state index in [4.69, 9.17) is 9.72 Å². The molecule has 4 nitrogen and oxygen atoms in total. The van der Waals surface area contributed by atoms with Gasteiger partial charge in [0, 0.05) is 18.2 Å². The van der Waals surface area contributed by atoms with Gasteiger partial charge in [0.1, 0.15) is 18.2 Å². The van der Waals surface area contributed by atoms with E-state index in [0.717, 1.165) is 34.8 Å². The van der Waals surface area contributed by atoms with E-state index in [9.17, 15) is 13.2 Å². The summed E-state index contributed by atoms with van der Waals surface area (Å²) in [6.45, 7) is 5.34. The molecule has 4 rings (SSSR count). The standard InChI is InChI=1S/C27H28F3N3O/c1-18-9-10-20(15-19(18)2)26-31-24-12-11-22(34-14-13-32(3)4)16-25(24)33(26)17-21-7-5-6-8-23(21)27(28,29)30/h5-12,15-16H,13-14,17H2,1-4H3. The quantitative estimate of drug-likeness (QED) is 0.318. The number of hydrogen-bond acceptors (Lipinski definition) is 3. The summed E-state index contributed by atoms with van der Waals surface area (Å²) in [5.41, 5.74) is 4.09. The summed E-state index contributed by atoms with van der Waals surface area (Å²) in [5.74, 6) is 1.28. The summed E-state index contributed by atoms with van der Waals surface area (Å²) in [6.07, 6.45) is -4.44. The molecule has 0 fully saturated rings. The molecule has 34 heavy (non-hydrogen) atoms. The Balaban J connectivity index is 1.84. The number of hydrogen-bond donors (Lipinski definition) is 0. The normalized spacial score (nSPS) is 12.0. The van der Waals surface area contributed by atoms with Crippen molar-refractivity contribution in [3.63, 3.8) is 0 Å². The van der Waals surface area contributed by atoms with Crippen LogP contribution in [0.4, 0.5) is 13.2 Å². The van der Waals surface area contributed by atoms with Gasteiger partial charge in [0.2, 0.25) is 0 Å². The van der Waals surface area contributed by atoms with Gasteiger partial charge < -0.3 is 14.2 Å². The second kappa shape index (κ2) is 9.50. The summed E-state index contributed by atoms with van der Waals surface area (Å²) in [5, 5.41) is 0. The average Bonchev–Trinajstić information content (AvgIpc) is 3.13. The molecule has 178 valence electrons. The SMILES string of the molecule is Cc1ccc(-c2nc3ccc(OCCN(C)C)cc3n2Cc2ccccc2C(F)(F)F)cc1C. The Morgan fingerprint density at radius 2 is 1.71 bits per heavy atom. The number of likely N-dealkylation sites (N-methyl/N-ethyl adjacent to an activating group) is 1. The lowest BCUT2D eigenvalue weighted by Crippen LogP contribution is -2.19. The number of halogens is 3. The van der Waals surface area contributed by atoms with Gasteiger partial charge in [-0.05, 0) is 68.9 Å². The molecule has 3 aromatic carbocycles. The van der Waals surface area contributed by atoms with Crippen LogP contribution in [0, 0.1) is 13.8 Å². The van der Waals surface area contributed by atoms with Gasteiger partial charge in [-0.2, -0.15) is 13.2 Å². The predicted molar refractivity (Wildman–Crippen MR) is 129 cm³/mol. The first-order valence-electron chi connectivity index (χ1n) is 11.1. The van der Waals surface area contributed by atoms with E-state index in [-0.39, 0.29) is 12.1 Å². The minimum atomic E-state index is -4.44. The van der Waals surface area contributed by atoms with Crippen molar-refractivity contribution in [2.45, 2.75) is 26.6 Å². The topological polar surface area (TPSA) is 30.3 Å². The van der Waals surface area contributed by atoms with Crippen LogP contribution in [0.2, 0.25) is 0 Å². The molecule has 0 unspecified atom stereocenters. The predicted octanol–water partition coefficient (Wildman–Crippen LogP) is 6.33. The molecule has 0 aliphatic heterocycles. The summed E-state index contributed by atoms with van der Waals surface area (Å²) in [4.78, 5) is 6.83. The number of rotatable bonds is 7. The Kier molecular flexibility index (Phi) is 6.66. The van der Waals surface area contributed by atoms with Crippen LogP contribution in [-0.2, 0) is 12.7 Å². The third-order valence-corrected chi connectivity index (χ3v) is 5.94. The number of alkyl halides is 3. The van der Waals surface area contributed by atoms with E-state index in [1.54, 1.807) is 6.07 Å². The molecule has 4 aromatic rings. The van der Waals surface area contributed by atoms with E-state index >= 15 is 0 Å². The summed E-state index contributed by atoms with van der Waals surface area (Å²) >= 11 is 0. The third kappa shape index (κ3) is 5.09. The van der Waals surface area contributed by atoms with Crippen molar-refractivity contribution in [2.75, 3.05) is 27.2 Å². The largest absolute Gasteiger partial charge is 0.492 e. The lowest BCUT2D eigenvalue weighted by Gasteiger charge is -2.16. The Morgan fingerprint density at radius 1 is 0.941 bits per heavy atom. The minimum absolute atomic E-state index is 0.0373. The summed E-state index contributed by atoms with van der Waals surface area (Å²) in [6, 6.07) is 17.3. The van der Waals surface area contributed by atoms with Crippen LogP contribution >= 0.6 is 0 Å². The number of aryl methyl sites for hydroxylation is 2. The molecule has 1 aromatic heterocycles. The van der Waals surface area contributed by atoms with Crippen LogP contribution in [0.15, 0.2) is 60.7 Å². The van der Waals surface area contributed by atoms with Crippen LogP contribution in [-0.4, -0.2) is 41.7 Å². The number of imidazole rings is 1. The van der Waals surface area contributed by atoms with Gasteiger partial charge in [-0.25, -0.2) is 4.98 Å². The summed E-state index contributed by atoms with van der Waals surface area (Å²) in [7, 11) is 3.94. The van der Waals surface area contributed by atoms with Crippen molar-refractivity contribution in [1.82, 2.24) is 14.5 Å². The van der Waals surface area contributed by atoms with E-state index < -0.39 is 11.7 Å². The van der Waals surface area contributed by atoms with Gasteiger partial charge in [-0.3, -0.25) is 0 Å². The molecule has 0 N–H and O–H groups in total. The first-order chi connectivity index (χ1) is 16.1. The lowest BCUT2D eigenvalue weighted by molar-refractivity contribution is -0.138. The molecule has 1 heterocycles.